The van der Waals surface area contributed by atoms with Gasteiger partial charge in [0.2, 0.25) is 0 Å². The van der Waals surface area contributed by atoms with Crippen molar-refractivity contribution in [2.45, 2.75) is 33.7 Å². The van der Waals surface area contributed by atoms with Crippen LogP contribution in [0.5, 0.6) is 5.75 Å². The van der Waals surface area contributed by atoms with Gasteiger partial charge in [-0.3, -0.25) is 0 Å². The fourth-order valence-corrected chi connectivity index (χ4v) is 2.27. The van der Waals surface area contributed by atoms with Gasteiger partial charge in [0, 0.05) is 6.54 Å². The summed E-state index contributed by atoms with van der Waals surface area (Å²) in [5.74, 6) is 0.170. The molecular weight excluding hydrogens is 274 g/mol. The van der Waals surface area contributed by atoms with Gasteiger partial charge in [-0.05, 0) is 47.2 Å². The second kappa shape index (κ2) is 6.75. The molecule has 0 radical (unpaired) electrons. The molecule has 3 nitrogen and oxygen atoms in total. The normalized spacial score (nSPS) is 11.3. The van der Waals surface area contributed by atoms with Crippen LogP contribution in [0, 0.1) is 5.41 Å². The van der Waals surface area contributed by atoms with Crippen LogP contribution in [0.2, 0.25) is 0 Å². The quantitative estimate of drug-likeness (QED) is 0.686. The highest BCUT2D eigenvalue weighted by molar-refractivity contribution is 5.91. The molecule has 0 heterocycles. The smallest absolute Gasteiger partial charge is 0.343 e. The van der Waals surface area contributed by atoms with E-state index < -0.39 is 0 Å². The minimum absolute atomic E-state index is 0.227. The first kappa shape index (κ1) is 16.2. The van der Waals surface area contributed by atoms with Crippen LogP contribution in [0.25, 0.3) is 0 Å². The summed E-state index contributed by atoms with van der Waals surface area (Å²) in [6.07, 6.45) is 0.973. The maximum Gasteiger partial charge on any atom is 0.343 e. The van der Waals surface area contributed by atoms with E-state index in [4.69, 9.17) is 10.5 Å². The number of benzene rings is 2. The third kappa shape index (κ3) is 4.71. The summed E-state index contributed by atoms with van der Waals surface area (Å²) in [4.78, 5) is 12.2. The summed E-state index contributed by atoms with van der Waals surface area (Å²) in [7, 11) is 0. The Hall–Kier alpha value is -2.13. The first-order valence-electron chi connectivity index (χ1n) is 7.47. The second-order valence-electron chi connectivity index (χ2n) is 6.68. The topological polar surface area (TPSA) is 52.3 Å². The molecule has 2 aromatic carbocycles. The Morgan fingerprint density at radius 3 is 2.32 bits per heavy atom. The molecular formula is C19H23NO2. The lowest BCUT2D eigenvalue weighted by atomic mass is 9.88. The number of carbonyl (C=O) groups excluding carboxylic acids is 1. The van der Waals surface area contributed by atoms with E-state index in [9.17, 15) is 4.79 Å². The molecule has 116 valence electrons. The highest BCUT2D eigenvalue weighted by Crippen LogP contribution is 2.21. The molecule has 0 saturated carbocycles. The van der Waals surface area contributed by atoms with E-state index in [1.165, 1.54) is 5.56 Å². The van der Waals surface area contributed by atoms with Gasteiger partial charge in [0.25, 0.3) is 0 Å². The molecule has 0 aliphatic carbocycles. The second-order valence-corrected chi connectivity index (χ2v) is 6.68. The number of hydrogen-bond donors (Lipinski definition) is 1. The molecule has 2 N–H and O–H groups in total. The van der Waals surface area contributed by atoms with Crippen molar-refractivity contribution < 1.29 is 9.53 Å². The first-order valence-corrected chi connectivity index (χ1v) is 7.47. The molecule has 0 atom stereocenters. The largest absolute Gasteiger partial charge is 0.423 e. The number of rotatable bonds is 4. The molecule has 0 spiro atoms. The first-order chi connectivity index (χ1) is 10.4. The van der Waals surface area contributed by atoms with Gasteiger partial charge in [-0.25, -0.2) is 4.79 Å². The van der Waals surface area contributed by atoms with E-state index in [-0.39, 0.29) is 11.4 Å². The monoisotopic (exact) mass is 297 g/mol. The Bertz CT molecular complexity index is 639. The Balaban J connectivity index is 2.06. The Kier molecular flexibility index (Phi) is 4.99. The number of carbonyl (C=O) groups is 1. The average Bonchev–Trinajstić information content (AvgIpc) is 2.46. The lowest BCUT2D eigenvalue weighted by molar-refractivity contribution is 0.0734. The fraction of sp³-hybridized carbons (Fsp3) is 0.316. The molecule has 0 fully saturated rings. The fourth-order valence-electron chi connectivity index (χ4n) is 2.27. The van der Waals surface area contributed by atoms with E-state index in [0.29, 0.717) is 17.9 Å². The lowest BCUT2D eigenvalue weighted by Crippen LogP contribution is -2.11. The lowest BCUT2D eigenvalue weighted by Gasteiger charge is -2.18. The molecule has 0 amide bonds. The highest BCUT2D eigenvalue weighted by Gasteiger charge is 2.13. The molecule has 0 aromatic heterocycles. The summed E-state index contributed by atoms with van der Waals surface area (Å²) in [6, 6.07) is 14.9. The van der Waals surface area contributed by atoms with Gasteiger partial charge in [-0.15, -0.1) is 0 Å². The van der Waals surface area contributed by atoms with Crippen LogP contribution >= 0.6 is 0 Å². The molecule has 2 rings (SSSR count). The van der Waals surface area contributed by atoms with E-state index in [1.54, 1.807) is 12.1 Å². The van der Waals surface area contributed by atoms with Crippen LogP contribution in [-0.2, 0) is 13.0 Å². The van der Waals surface area contributed by atoms with Crippen LogP contribution in [0.4, 0.5) is 0 Å². The third-order valence-corrected chi connectivity index (χ3v) is 3.27. The standard InChI is InChI=1S/C19H23NO2/c1-19(2,3)12-14-7-9-16(10-8-14)18(21)22-17-6-4-5-15(11-17)13-20/h4-11H,12-13,20H2,1-3H3. The van der Waals surface area contributed by atoms with E-state index in [0.717, 1.165) is 12.0 Å². The van der Waals surface area contributed by atoms with Gasteiger partial charge in [-0.1, -0.05) is 45.0 Å². The van der Waals surface area contributed by atoms with Crippen LogP contribution in [-0.4, -0.2) is 5.97 Å². The predicted molar refractivity (Wildman–Crippen MR) is 88.9 cm³/mol. The molecule has 22 heavy (non-hydrogen) atoms. The predicted octanol–water partition coefficient (Wildman–Crippen LogP) is 3.95. The van der Waals surface area contributed by atoms with Crippen LogP contribution < -0.4 is 10.5 Å². The maximum absolute atomic E-state index is 12.2. The van der Waals surface area contributed by atoms with Crippen molar-refractivity contribution in [1.29, 1.82) is 0 Å². The van der Waals surface area contributed by atoms with Gasteiger partial charge < -0.3 is 10.5 Å². The van der Waals surface area contributed by atoms with Gasteiger partial charge in [-0.2, -0.15) is 0 Å². The molecule has 0 aliphatic rings. The van der Waals surface area contributed by atoms with Crippen LogP contribution in [0.3, 0.4) is 0 Å². The summed E-state index contributed by atoms with van der Waals surface area (Å²) in [5.41, 5.74) is 8.52. The van der Waals surface area contributed by atoms with Gasteiger partial charge >= 0.3 is 5.97 Å². The highest BCUT2D eigenvalue weighted by atomic mass is 16.5. The zero-order valence-electron chi connectivity index (χ0n) is 13.4. The van der Waals surface area contributed by atoms with E-state index in [2.05, 4.69) is 20.8 Å². The van der Waals surface area contributed by atoms with E-state index >= 15 is 0 Å². The van der Waals surface area contributed by atoms with Crippen LogP contribution in [0.1, 0.15) is 42.3 Å². The van der Waals surface area contributed by atoms with E-state index in [1.807, 2.05) is 36.4 Å². The van der Waals surface area contributed by atoms with Crippen molar-refractivity contribution in [3.05, 3.63) is 65.2 Å². The minimum atomic E-state index is -0.350. The Morgan fingerprint density at radius 1 is 1.05 bits per heavy atom. The maximum atomic E-state index is 12.2. The van der Waals surface area contributed by atoms with Crippen molar-refractivity contribution in [2.75, 3.05) is 0 Å². The minimum Gasteiger partial charge on any atom is -0.423 e. The molecule has 0 saturated heterocycles. The molecule has 0 bridgehead atoms. The number of hydrogen-bond acceptors (Lipinski definition) is 3. The van der Waals surface area contributed by atoms with Crippen molar-refractivity contribution in [2.24, 2.45) is 11.1 Å². The van der Waals surface area contributed by atoms with Gasteiger partial charge in [0.15, 0.2) is 0 Å². The number of nitrogens with two attached hydrogens (primary N) is 1. The van der Waals surface area contributed by atoms with Crippen LogP contribution in [0.15, 0.2) is 48.5 Å². The Morgan fingerprint density at radius 2 is 1.73 bits per heavy atom. The molecule has 2 aromatic rings. The average molecular weight is 297 g/mol. The molecule has 0 aliphatic heterocycles. The SMILES string of the molecule is CC(C)(C)Cc1ccc(C(=O)Oc2cccc(CN)c2)cc1. The van der Waals surface area contributed by atoms with Crippen molar-refractivity contribution >= 4 is 5.97 Å². The summed E-state index contributed by atoms with van der Waals surface area (Å²) < 4.78 is 5.39. The molecule has 0 unspecified atom stereocenters. The Labute approximate surface area is 132 Å². The molecule has 3 heteroatoms. The third-order valence-electron chi connectivity index (χ3n) is 3.27. The summed E-state index contributed by atoms with van der Waals surface area (Å²) in [6.45, 7) is 7.01. The zero-order chi connectivity index (χ0) is 16.2. The zero-order valence-corrected chi connectivity index (χ0v) is 13.4. The summed E-state index contributed by atoms with van der Waals surface area (Å²) in [5, 5.41) is 0. The number of ether oxygens (including phenoxy) is 1. The van der Waals surface area contributed by atoms with Gasteiger partial charge in [0.1, 0.15) is 5.75 Å². The van der Waals surface area contributed by atoms with Crippen molar-refractivity contribution in [3.63, 3.8) is 0 Å². The summed E-state index contributed by atoms with van der Waals surface area (Å²) >= 11 is 0. The van der Waals surface area contributed by atoms with Gasteiger partial charge in [0.05, 0.1) is 5.56 Å². The number of esters is 1. The van der Waals surface area contributed by atoms with Crippen molar-refractivity contribution in [3.8, 4) is 5.75 Å². The van der Waals surface area contributed by atoms with Crippen molar-refractivity contribution in [1.82, 2.24) is 0 Å².